The van der Waals surface area contributed by atoms with Gasteiger partial charge in [-0.25, -0.2) is 9.78 Å². The number of aryl methyl sites for hydroxylation is 1. The Morgan fingerprint density at radius 3 is 2.85 bits per heavy atom. The minimum absolute atomic E-state index is 0.417. The average Bonchev–Trinajstić information content (AvgIpc) is 2.91. The van der Waals surface area contributed by atoms with Crippen molar-refractivity contribution in [2.45, 2.75) is 43.0 Å². The number of nitrogens with one attached hydrogen (secondary N) is 2. The topological polar surface area (TPSA) is 104 Å². The van der Waals surface area contributed by atoms with Gasteiger partial charge in [0.1, 0.15) is 5.03 Å². The predicted molar refractivity (Wildman–Crippen MR) is 102 cm³/mol. The molecule has 27 heavy (non-hydrogen) atoms. The summed E-state index contributed by atoms with van der Waals surface area (Å²) >= 11 is 1.16. The minimum Gasteiger partial charge on any atom is -0.480 e. The number of anilines is 1. The van der Waals surface area contributed by atoms with Gasteiger partial charge in [-0.3, -0.25) is 9.78 Å². The summed E-state index contributed by atoms with van der Waals surface area (Å²) in [5.41, 5.74) is 3.68. The maximum Gasteiger partial charge on any atom is 0.327 e. The van der Waals surface area contributed by atoms with Crippen molar-refractivity contribution in [2.75, 3.05) is 5.32 Å². The second-order valence-corrected chi connectivity index (χ2v) is 8.57. The first-order chi connectivity index (χ1) is 12.8. The lowest BCUT2D eigenvalue weighted by molar-refractivity contribution is -0.141. The van der Waals surface area contributed by atoms with Gasteiger partial charge in [-0.05, 0) is 37.0 Å². The lowest BCUT2D eigenvalue weighted by Gasteiger charge is -2.34. The van der Waals surface area contributed by atoms with E-state index in [0.29, 0.717) is 22.2 Å². The summed E-state index contributed by atoms with van der Waals surface area (Å²) in [5.74, 6) is -0.568. The van der Waals surface area contributed by atoms with Crippen LogP contribution < -0.4 is 10.6 Å². The molecule has 0 radical (unpaired) electrons. The monoisotopic (exact) mass is 384 g/mol. The second-order valence-electron chi connectivity index (χ2n) is 7.34. The number of carboxylic acid groups (broad SMARTS) is 1. The SMILES string of the molecule is Cc1cc(CC(C)C)ncc1C1(C(=O)O)Sc2nccc3c2C1NC(=O)N3. The molecule has 3 N–H and O–H groups in total. The predicted octanol–water partition coefficient (Wildman–Crippen LogP) is 3.25. The van der Waals surface area contributed by atoms with Gasteiger partial charge in [-0.15, -0.1) is 0 Å². The zero-order chi connectivity index (χ0) is 19.3. The quantitative estimate of drug-likeness (QED) is 0.747. The molecule has 2 aromatic rings. The van der Waals surface area contributed by atoms with E-state index in [9.17, 15) is 14.7 Å². The van der Waals surface area contributed by atoms with Crippen molar-refractivity contribution in [1.29, 1.82) is 0 Å². The summed E-state index contributed by atoms with van der Waals surface area (Å²) in [6.07, 6.45) is 4.05. The van der Waals surface area contributed by atoms with Crippen LogP contribution >= 0.6 is 11.8 Å². The molecule has 0 saturated heterocycles. The number of nitrogens with zero attached hydrogens (tertiary/aromatic N) is 2. The molecule has 0 aromatic carbocycles. The van der Waals surface area contributed by atoms with E-state index in [1.54, 1.807) is 18.5 Å². The van der Waals surface area contributed by atoms with Crippen LogP contribution in [0, 0.1) is 12.8 Å². The van der Waals surface area contributed by atoms with Crippen LogP contribution in [0.1, 0.15) is 42.3 Å². The van der Waals surface area contributed by atoms with Crippen molar-refractivity contribution in [3.8, 4) is 0 Å². The van der Waals surface area contributed by atoms with Gasteiger partial charge in [0.15, 0.2) is 4.75 Å². The van der Waals surface area contributed by atoms with Crippen molar-refractivity contribution in [1.82, 2.24) is 15.3 Å². The molecule has 2 unspecified atom stereocenters. The Labute approximate surface area is 161 Å². The van der Waals surface area contributed by atoms with E-state index in [1.165, 1.54) is 0 Å². The molecule has 8 heteroatoms. The van der Waals surface area contributed by atoms with E-state index >= 15 is 0 Å². The zero-order valence-electron chi connectivity index (χ0n) is 15.2. The molecular weight excluding hydrogens is 364 g/mol. The van der Waals surface area contributed by atoms with Gasteiger partial charge in [0.2, 0.25) is 0 Å². The van der Waals surface area contributed by atoms with Crippen LogP contribution in [0.3, 0.4) is 0 Å². The smallest absolute Gasteiger partial charge is 0.327 e. The van der Waals surface area contributed by atoms with Crippen LogP contribution in [0.5, 0.6) is 0 Å². The lowest BCUT2D eigenvalue weighted by Crippen LogP contribution is -2.48. The first kappa shape index (κ1) is 17.8. The first-order valence-electron chi connectivity index (χ1n) is 8.77. The number of hydrogen-bond acceptors (Lipinski definition) is 5. The Balaban J connectivity index is 1.88. The molecule has 0 spiro atoms. The molecule has 2 amide bonds. The van der Waals surface area contributed by atoms with Crippen molar-refractivity contribution in [3.63, 3.8) is 0 Å². The van der Waals surface area contributed by atoms with Crippen LogP contribution in [0.4, 0.5) is 10.5 Å². The van der Waals surface area contributed by atoms with Gasteiger partial charge in [-0.2, -0.15) is 0 Å². The molecule has 0 saturated carbocycles. The Hall–Kier alpha value is -2.61. The number of urea groups is 1. The highest BCUT2D eigenvalue weighted by atomic mass is 32.2. The van der Waals surface area contributed by atoms with Crippen molar-refractivity contribution >= 4 is 29.4 Å². The molecule has 2 atom stereocenters. The summed E-state index contributed by atoms with van der Waals surface area (Å²) in [6.45, 7) is 6.13. The lowest BCUT2D eigenvalue weighted by atomic mass is 9.84. The van der Waals surface area contributed by atoms with Gasteiger partial charge in [-0.1, -0.05) is 25.6 Å². The molecule has 0 aliphatic carbocycles. The van der Waals surface area contributed by atoms with Gasteiger partial charge < -0.3 is 15.7 Å². The molecule has 4 heterocycles. The number of rotatable bonds is 4. The third-order valence-electron chi connectivity index (χ3n) is 4.93. The van der Waals surface area contributed by atoms with E-state index in [4.69, 9.17) is 0 Å². The van der Waals surface area contributed by atoms with Crippen molar-refractivity contribution < 1.29 is 14.7 Å². The van der Waals surface area contributed by atoms with E-state index in [2.05, 4.69) is 34.4 Å². The highest BCUT2D eigenvalue weighted by Gasteiger charge is 2.58. The standard InChI is InChI=1S/C19H20N4O3S/c1-9(2)6-11-7-10(3)12(8-21-11)19(17(24)25)15-14-13(22-18(26)23-15)4-5-20-16(14)27-19/h4-5,7-9,15H,6H2,1-3H3,(H,24,25)(H2,22,23,26). The van der Waals surface area contributed by atoms with Crippen molar-refractivity contribution in [3.05, 3.63) is 46.9 Å². The molecule has 2 aliphatic rings. The molecule has 140 valence electrons. The number of hydrogen-bond donors (Lipinski definition) is 3. The second kappa shape index (κ2) is 6.23. The molecule has 2 aromatic heterocycles. The van der Waals surface area contributed by atoms with Gasteiger partial charge in [0.25, 0.3) is 0 Å². The average molecular weight is 384 g/mol. The van der Waals surface area contributed by atoms with Crippen LogP contribution in [-0.2, 0) is 16.0 Å². The number of carbonyl (C=O) groups is 2. The normalized spacial score (nSPS) is 23.0. The fourth-order valence-electron chi connectivity index (χ4n) is 3.83. The zero-order valence-corrected chi connectivity index (χ0v) is 16.1. The first-order valence-corrected chi connectivity index (χ1v) is 9.59. The van der Waals surface area contributed by atoms with Crippen LogP contribution in [0.2, 0.25) is 0 Å². The molecule has 4 rings (SSSR count). The summed E-state index contributed by atoms with van der Waals surface area (Å²) < 4.78 is -1.41. The summed E-state index contributed by atoms with van der Waals surface area (Å²) in [7, 11) is 0. The fourth-order valence-corrected chi connectivity index (χ4v) is 5.29. The van der Waals surface area contributed by atoms with Gasteiger partial charge >= 0.3 is 12.0 Å². The maximum absolute atomic E-state index is 12.6. The molecule has 7 nitrogen and oxygen atoms in total. The Morgan fingerprint density at radius 2 is 2.19 bits per heavy atom. The molecular formula is C19H20N4O3S. The maximum atomic E-state index is 12.6. The van der Waals surface area contributed by atoms with Gasteiger partial charge in [0, 0.05) is 29.2 Å². The number of carbonyl (C=O) groups excluding carboxylic acids is 1. The Kier molecular flexibility index (Phi) is 4.10. The largest absolute Gasteiger partial charge is 0.480 e. The number of pyridine rings is 2. The summed E-state index contributed by atoms with van der Waals surface area (Å²) in [5, 5.41) is 16.4. The van der Waals surface area contributed by atoms with E-state index in [-0.39, 0.29) is 0 Å². The highest BCUT2D eigenvalue weighted by molar-refractivity contribution is 8.01. The number of aromatic nitrogens is 2. The number of carboxylic acids is 1. The van der Waals surface area contributed by atoms with Crippen LogP contribution in [0.15, 0.2) is 29.6 Å². The molecule has 2 aliphatic heterocycles. The summed E-state index contributed by atoms with van der Waals surface area (Å²) in [4.78, 5) is 33.6. The van der Waals surface area contributed by atoms with Crippen molar-refractivity contribution in [2.24, 2.45) is 5.92 Å². The van der Waals surface area contributed by atoms with Gasteiger partial charge in [0.05, 0.1) is 11.7 Å². The Bertz CT molecular complexity index is 962. The van der Waals surface area contributed by atoms with E-state index in [1.807, 2.05) is 13.0 Å². The van der Waals surface area contributed by atoms with E-state index < -0.39 is 22.8 Å². The fraction of sp³-hybridized carbons (Fsp3) is 0.368. The number of amides is 2. The van der Waals surface area contributed by atoms with Crippen LogP contribution in [0.25, 0.3) is 0 Å². The molecule has 0 fully saturated rings. The number of aliphatic carboxylic acids is 1. The van der Waals surface area contributed by atoms with Crippen LogP contribution in [-0.4, -0.2) is 27.1 Å². The third kappa shape index (κ3) is 2.66. The minimum atomic E-state index is -1.41. The summed E-state index contributed by atoms with van der Waals surface area (Å²) in [6, 6.07) is 2.50. The third-order valence-corrected chi connectivity index (χ3v) is 6.40. The molecule has 0 bridgehead atoms. The van der Waals surface area contributed by atoms with E-state index in [0.717, 1.165) is 35.0 Å². The Morgan fingerprint density at radius 1 is 1.41 bits per heavy atom. The highest BCUT2D eigenvalue weighted by Crippen LogP contribution is 2.60. The number of thioether (sulfide) groups is 1.